The fourth-order valence-corrected chi connectivity index (χ4v) is 3.50. The minimum Gasteiger partial charge on any atom is -0.349 e. The summed E-state index contributed by atoms with van der Waals surface area (Å²) in [5, 5.41) is 11.7. The van der Waals surface area contributed by atoms with E-state index >= 15 is 0 Å². The van der Waals surface area contributed by atoms with Gasteiger partial charge in [0.15, 0.2) is 0 Å². The highest BCUT2D eigenvalue weighted by Crippen LogP contribution is 2.33. The van der Waals surface area contributed by atoms with E-state index in [0.717, 1.165) is 25.3 Å². The Hall–Kier alpha value is -1.08. The first-order chi connectivity index (χ1) is 9.02. The van der Waals surface area contributed by atoms with Crippen LogP contribution in [0.5, 0.6) is 0 Å². The van der Waals surface area contributed by atoms with Crippen LogP contribution in [-0.2, 0) is 0 Å². The molecule has 0 bridgehead atoms. The Kier molecular flexibility index (Phi) is 4.46. The predicted molar refractivity (Wildman–Crippen MR) is 77.2 cm³/mol. The van der Waals surface area contributed by atoms with Gasteiger partial charge in [0, 0.05) is 24.1 Å². The quantitative estimate of drug-likeness (QED) is 0.485. The second-order valence-electron chi connectivity index (χ2n) is 4.35. The average molecular weight is 303 g/mol. The van der Waals surface area contributed by atoms with E-state index < -0.39 is 4.92 Å². The highest BCUT2D eigenvalue weighted by Gasteiger charge is 2.29. The lowest BCUT2D eigenvalue weighted by atomic mass is 10.2. The lowest BCUT2D eigenvalue weighted by molar-refractivity contribution is -0.385. The van der Waals surface area contributed by atoms with Crippen LogP contribution in [-0.4, -0.2) is 39.0 Å². The molecular weight excluding hydrogens is 288 g/mol. The Morgan fingerprint density at radius 2 is 2.32 bits per heavy atom. The van der Waals surface area contributed by atoms with Gasteiger partial charge in [-0.25, -0.2) is 4.98 Å². The minimum absolute atomic E-state index is 0.0360. The molecule has 1 saturated heterocycles. The standard InChI is InChI=1S/C11H15ClN4O2S/c1-3-8-6-15(4-5-19-8)10-9(16(17)18)7(2)13-11(12)14-10/h8H,3-6H2,1-2H3. The smallest absolute Gasteiger partial charge is 0.332 e. The molecule has 1 aliphatic rings. The fourth-order valence-electron chi connectivity index (χ4n) is 2.11. The van der Waals surface area contributed by atoms with Gasteiger partial charge in [-0.05, 0) is 24.9 Å². The summed E-state index contributed by atoms with van der Waals surface area (Å²) in [4.78, 5) is 20.7. The summed E-state index contributed by atoms with van der Waals surface area (Å²) >= 11 is 7.74. The van der Waals surface area contributed by atoms with Crippen LogP contribution in [0, 0.1) is 17.0 Å². The Labute approximate surface area is 120 Å². The van der Waals surface area contributed by atoms with Crippen molar-refractivity contribution in [3.63, 3.8) is 0 Å². The molecule has 19 heavy (non-hydrogen) atoms. The number of thioether (sulfide) groups is 1. The first-order valence-electron chi connectivity index (χ1n) is 6.08. The van der Waals surface area contributed by atoms with Gasteiger partial charge >= 0.3 is 5.69 Å². The number of nitrogens with zero attached hydrogens (tertiary/aromatic N) is 4. The van der Waals surface area contributed by atoms with E-state index in [1.807, 2.05) is 16.7 Å². The number of hydrogen-bond donors (Lipinski definition) is 0. The van der Waals surface area contributed by atoms with Crippen LogP contribution in [0.4, 0.5) is 11.5 Å². The summed E-state index contributed by atoms with van der Waals surface area (Å²) in [6, 6.07) is 0. The zero-order valence-corrected chi connectivity index (χ0v) is 12.4. The van der Waals surface area contributed by atoms with E-state index in [4.69, 9.17) is 11.6 Å². The first kappa shape index (κ1) is 14.3. The van der Waals surface area contributed by atoms with Crippen LogP contribution < -0.4 is 4.90 Å². The molecule has 1 aromatic heterocycles. The van der Waals surface area contributed by atoms with Gasteiger partial charge in [0.25, 0.3) is 0 Å². The van der Waals surface area contributed by atoms with Crippen molar-refractivity contribution in [1.29, 1.82) is 0 Å². The van der Waals surface area contributed by atoms with E-state index in [2.05, 4.69) is 16.9 Å². The summed E-state index contributed by atoms with van der Waals surface area (Å²) in [5.41, 5.74) is 0.275. The Morgan fingerprint density at radius 1 is 1.58 bits per heavy atom. The second-order valence-corrected chi connectivity index (χ2v) is 6.10. The highest BCUT2D eigenvalue weighted by molar-refractivity contribution is 8.00. The van der Waals surface area contributed by atoms with Crippen molar-refractivity contribution in [2.75, 3.05) is 23.7 Å². The largest absolute Gasteiger partial charge is 0.349 e. The Balaban J connectivity index is 2.40. The van der Waals surface area contributed by atoms with Crippen LogP contribution in [0.3, 0.4) is 0 Å². The molecule has 1 aliphatic heterocycles. The minimum atomic E-state index is -0.427. The van der Waals surface area contributed by atoms with Gasteiger partial charge in [-0.15, -0.1) is 0 Å². The monoisotopic (exact) mass is 302 g/mol. The topological polar surface area (TPSA) is 72.2 Å². The number of nitro groups is 1. The van der Waals surface area contributed by atoms with Gasteiger partial charge in [-0.2, -0.15) is 16.7 Å². The third-order valence-electron chi connectivity index (χ3n) is 3.09. The molecule has 0 amide bonds. The molecule has 0 aromatic carbocycles. The molecule has 0 aliphatic carbocycles. The second kappa shape index (κ2) is 5.92. The lowest BCUT2D eigenvalue weighted by Gasteiger charge is -2.32. The number of anilines is 1. The maximum Gasteiger partial charge on any atom is 0.332 e. The summed E-state index contributed by atoms with van der Waals surface area (Å²) in [7, 11) is 0. The molecule has 0 N–H and O–H groups in total. The normalized spacial score (nSPS) is 19.5. The van der Waals surface area contributed by atoms with E-state index in [1.54, 1.807) is 6.92 Å². The first-order valence-corrected chi connectivity index (χ1v) is 7.50. The molecule has 8 heteroatoms. The fraction of sp³-hybridized carbons (Fsp3) is 0.636. The van der Waals surface area contributed by atoms with Crippen molar-refractivity contribution in [2.45, 2.75) is 25.5 Å². The maximum absolute atomic E-state index is 11.2. The predicted octanol–water partition coefficient (Wildman–Crippen LogP) is 2.68. The molecule has 6 nitrogen and oxygen atoms in total. The molecule has 2 rings (SSSR count). The van der Waals surface area contributed by atoms with Crippen molar-refractivity contribution in [1.82, 2.24) is 9.97 Å². The van der Waals surface area contributed by atoms with E-state index in [0.29, 0.717) is 16.8 Å². The van der Waals surface area contributed by atoms with E-state index in [9.17, 15) is 10.1 Å². The lowest BCUT2D eigenvalue weighted by Crippen LogP contribution is -2.38. The molecule has 2 heterocycles. The van der Waals surface area contributed by atoms with Crippen molar-refractivity contribution in [2.24, 2.45) is 0 Å². The number of aryl methyl sites for hydroxylation is 1. The number of hydrogen-bond acceptors (Lipinski definition) is 6. The van der Waals surface area contributed by atoms with E-state index in [1.165, 1.54) is 0 Å². The third kappa shape index (κ3) is 3.09. The molecule has 1 unspecified atom stereocenters. The summed E-state index contributed by atoms with van der Waals surface area (Å²) < 4.78 is 0. The van der Waals surface area contributed by atoms with Gasteiger partial charge in [0.2, 0.25) is 11.1 Å². The summed E-state index contributed by atoms with van der Waals surface area (Å²) in [6.07, 6.45) is 1.03. The van der Waals surface area contributed by atoms with Gasteiger partial charge < -0.3 is 4.90 Å². The molecule has 1 atom stereocenters. The zero-order chi connectivity index (χ0) is 14.0. The van der Waals surface area contributed by atoms with Crippen LogP contribution in [0.1, 0.15) is 19.0 Å². The van der Waals surface area contributed by atoms with E-state index in [-0.39, 0.29) is 11.0 Å². The van der Waals surface area contributed by atoms with Gasteiger partial charge in [-0.1, -0.05) is 6.92 Å². The molecule has 1 fully saturated rings. The molecule has 0 spiro atoms. The number of aromatic nitrogens is 2. The third-order valence-corrected chi connectivity index (χ3v) is 4.63. The van der Waals surface area contributed by atoms with Crippen LogP contribution in [0.2, 0.25) is 5.28 Å². The molecule has 104 valence electrons. The highest BCUT2D eigenvalue weighted by atomic mass is 35.5. The average Bonchev–Trinajstić information content (AvgIpc) is 2.37. The van der Waals surface area contributed by atoms with Gasteiger partial charge in [0.05, 0.1) is 4.92 Å². The molecule has 0 radical (unpaired) electrons. The zero-order valence-electron chi connectivity index (χ0n) is 10.8. The maximum atomic E-state index is 11.2. The van der Waals surface area contributed by atoms with Crippen molar-refractivity contribution in [3.8, 4) is 0 Å². The summed E-state index contributed by atoms with van der Waals surface area (Å²) in [6.45, 7) is 5.21. The van der Waals surface area contributed by atoms with Crippen LogP contribution in [0.25, 0.3) is 0 Å². The molecule has 1 aromatic rings. The summed E-state index contributed by atoms with van der Waals surface area (Å²) in [5.74, 6) is 1.29. The van der Waals surface area contributed by atoms with Crippen LogP contribution >= 0.6 is 23.4 Å². The van der Waals surface area contributed by atoms with Crippen molar-refractivity contribution >= 4 is 34.9 Å². The number of halogens is 1. The Bertz CT molecular complexity index is 500. The molecule has 0 saturated carbocycles. The van der Waals surface area contributed by atoms with Crippen LogP contribution in [0.15, 0.2) is 0 Å². The van der Waals surface area contributed by atoms with Crippen molar-refractivity contribution in [3.05, 3.63) is 21.1 Å². The van der Waals surface area contributed by atoms with Gasteiger partial charge in [0.1, 0.15) is 5.69 Å². The number of rotatable bonds is 3. The SMILES string of the molecule is CCC1CN(c2nc(Cl)nc(C)c2[N+](=O)[O-])CCS1. The van der Waals surface area contributed by atoms with Crippen molar-refractivity contribution < 1.29 is 4.92 Å². The molecular formula is C11H15ClN4O2S. The van der Waals surface area contributed by atoms with Gasteiger partial charge in [-0.3, -0.25) is 10.1 Å². The Morgan fingerprint density at radius 3 is 2.95 bits per heavy atom.